The number of benzene rings is 2. The van der Waals surface area contributed by atoms with Crippen molar-refractivity contribution < 1.29 is 23.9 Å². The van der Waals surface area contributed by atoms with E-state index in [0.717, 1.165) is 26.7 Å². The number of hydrogen-bond acceptors (Lipinski definition) is 6. The molecule has 0 bridgehead atoms. The summed E-state index contributed by atoms with van der Waals surface area (Å²) >= 11 is 16.3. The molecule has 2 aromatic carbocycles. The molecule has 1 fully saturated rings. The molecule has 3 rings (SSSR count). The number of hydrogen-bond donors (Lipinski definition) is 0. The highest BCUT2D eigenvalue weighted by Crippen LogP contribution is 2.35. The van der Waals surface area contributed by atoms with Crippen molar-refractivity contribution in [3.8, 4) is 5.75 Å². The monoisotopic (exact) mass is 543 g/mol. The lowest BCUT2D eigenvalue weighted by atomic mass is 10.1. The van der Waals surface area contributed by atoms with Crippen molar-refractivity contribution >= 4 is 74.1 Å². The van der Waals surface area contributed by atoms with Crippen molar-refractivity contribution in [2.45, 2.75) is 13.5 Å². The summed E-state index contributed by atoms with van der Waals surface area (Å²) in [6.07, 6.45) is 1.56. The SMILES string of the molecule is CCOC(=O)CN1C(=O)S/C(=C\c2cc(Br)ccc2OCc2ccc(Cl)cc2Cl)C1=O. The Morgan fingerprint density at radius 2 is 1.97 bits per heavy atom. The zero-order valence-corrected chi connectivity index (χ0v) is 20.1. The molecule has 0 saturated carbocycles. The number of ether oxygens (including phenoxy) is 2. The molecule has 0 aliphatic carbocycles. The number of thioether (sulfide) groups is 1. The number of amides is 2. The Bertz CT molecular complexity index is 1080. The fraction of sp³-hybridized carbons (Fsp3) is 0.190. The molecule has 0 atom stereocenters. The van der Waals surface area contributed by atoms with E-state index in [0.29, 0.717) is 21.4 Å². The summed E-state index contributed by atoms with van der Waals surface area (Å²) in [4.78, 5) is 37.6. The average Bonchev–Trinajstić information content (AvgIpc) is 2.96. The Labute approximate surface area is 201 Å². The molecule has 1 heterocycles. The van der Waals surface area contributed by atoms with Gasteiger partial charge in [-0.05, 0) is 55.1 Å². The van der Waals surface area contributed by atoms with Crippen LogP contribution in [-0.2, 0) is 20.9 Å². The van der Waals surface area contributed by atoms with E-state index in [1.807, 2.05) is 0 Å². The van der Waals surface area contributed by atoms with Crippen LogP contribution in [-0.4, -0.2) is 35.2 Å². The number of imide groups is 1. The van der Waals surface area contributed by atoms with E-state index < -0.39 is 23.7 Å². The quantitative estimate of drug-likeness (QED) is 0.317. The van der Waals surface area contributed by atoms with Crippen LogP contribution < -0.4 is 4.74 Å². The van der Waals surface area contributed by atoms with Crippen molar-refractivity contribution in [2.24, 2.45) is 0 Å². The van der Waals surface area contributed by atoms with E-state index in [-0.39, 0.29) is 18.1 Å². The lowest BCUT2D eigenvalue weighted by Crippen LogP contribution is -2.34. The lowest BCUT2D eigenvalue weighted by Gasteiger charge is -2.12. The number of halogens is 3. The van der Waals surface area contributed by atoms with Gasteiger partial charge in [0.05, 0.1) is 11.5 Å². The normalized spacial score (nSPS) is 15.0. The minimum atomic E-state index is -0.641. The molecule has 6 nitrogen and oxygen atoms in total. The van der Waals surface area contributed by atoms with Crippen LogP contribution >= 0.6 is 50.9 Å². The molecule has 0 unspecified atom stereocenters. The van der Waals surface area contributed by atoms with Gasteiger partial charge in [-0.15, -0.1) is 0 Å². The molecule has 162 valence electrons. The van der Waals surface area contributed by atoms with Gasteiger partial charge in [-0.1, -0.05) is 45.2 Å². The maximum Gasteiger partial charge on any atom is 0.326 e. The first-order chi connectivity index (χ1) is 14.8. The van der Waals surface area contributed by atoms with E-state index in [1.165, 1.54) is 0 Å². The van der Waals surface area contributed by atoms with Crippen molar-refractivity contribution in [1.82, 2.24) is 4.90 Å². The third kappa shape index (κ3) is 6.04. The van der Waals surface area contributed by atoms with Crippen molar-refractivity contribution in [2.75, 3.05) is 13.2 Å². The number of nitrogens with zero attached hydrogens (tertiary/aromatic N) is 1. The van der Waals surface area contributed by atoms with Crippen LogP contribution in [0.15, 0.2) is 45.8 Å². The maximum atomic E-state index is 12.6. The summed E-state index contributed by atoms with van der Waals surface area (Å²) in [5.74, 6) is -0.710. The summed E-state index contributed by atoms with van der Waals surface area (Å²) in [5.41, 5.74) is 1.33. The number of carbonyl (C=O) groups excluding carboxylic acids is 3. The van der Waals surface area contributed by atoms with Gasteiger partial charge in [0.2, 0.25) is 0 Å². The van der Waals surface area contributed by atoms with Gasteiger partial charge in [0, 0.05) is 25.6 Å². The van der Waals surface area contributed by atoms with Gasteiger partial charge in [-0.3, -0.25) is 19.3 Å². The number of esters is 1. The largest absolute Gasteiger partial charge is 0.488 e. The van der Waals surface area contributed by atoms with E-state index in [4.69, 9.17) is 32.7 Å². The van der Waals surface area contributed by atoms with Gasteiger partial charge in [0.15, 0.2) is 0 Å². The standard InChI is InChI=1S/C21H16BrCl2NO5S/c1-2-29-19(26)10-25-20(27)18(31-21(25)28)8-13-7-14(22)4-6-17(13)30-11-12-3-5-15(23)9-16(12)24/h3-9H,2,10-11H2,1H3/b18-8-. The van der Waals surface area contributed by atoms with Crippen LogP contribution in [0.4, 0.5) is 4.79 Å². The van der Waals surface area contributed by atoms with Gasteiger partial charge in [-0.2, -0.15) is 0 Å². The van der Waals surface area contributed by atoms with E-state index in [9.17, 15) is 14.4 Å². The molecule has 0 spiro atoms. The van der Waals surface area contributed by atoms with E-state index in [1.54, 1.807) is 49.4 Å². The number of rotatable bonds is 7. The molecular weight excluding hydrogens is 529 g/mol. The van der Waals surface area contributed by atoms with Gasteiger partial charge in [0.1, 0.15) is 18.9 Å². The second kappa shape index (κ2) is 10.5. The molecular formula is C21H16BrCl2NO5S. The third-order valence-electron chi connectivity index (χ3n) is 4.12. The second-order valence-electron chi connectivity index (χ2n) is 6.28. The van der Waals surface area contributed by atoms with Crippen molar-refractivity contribution in [1.29, 1.82) is 0 Å². The fourth-order valence-corrected chi connectivity index (χ4v) is 4.34. The van der Waals surface area contributed by atoms with Crippen LogP contribution in [0.5, 0.6) is 5.75 Å². The Kier molecular flexibility index (Phi) is 8.05. The van der Waals surface area contributed by atoms with Crippen molar-refractivity contribution in [3.05, 3.63) is 66.9 Å². The van der Waals surface area contributed by atoms with Crippen LogP contribution in [0.3, 0.4) is 0 Å². The van der Waals surface area contributed by atoms with Crippen LogP contribution in [0, 0.1) is 0 Å². The summed E-state index contributed by atoms with van der Waals surface area (Å²) in [5, 5.41) is 0.470. The predicted molar refractivity (Wildman–Crippen MR) is 124 cm³/mol. The van der Waals surface area contributed by atoms with Gasteiger partial charge in [-0.25, -0.2) is 0 Å². The van der Waals surface area contributed by atoms with Gasteiger partial charge >= 0.3 is 5.97 Å². The average molecular weight is 545 g/mol. The zero-order chi connectivity index (χ0) is 22.5. The van der Waals surface area contributed by atoms with Gasteiger partial charge in [0.25, 0.3) is 11.1 Å². The molecule has 31 heavy (non-hydrogen) atoms. The van der Waals surface area contributed by atoms with E-state index in [2.05, 4.69) is 15.9 Å². The highest BCUT2D eigenvalue weighted by Gasteiger charge is 2.36. The maximum absolute atomic E-state index is 12.6. The van der Waals surface area contributed by atoms with Crippen LogP contribution in [0.2, 0.25) is 10.0 Å². The minimum Gasteiger partial charge on any atom is -0.488 e. The second-order valence-corrected chi connectivity index (χ2v) is 9.03. The summed E-state index contributed by atoms with van der Waals surface area (Å²) in [6, 6.07) is 10.4. The van der Waals surface area contributed by atoms with Crippen LogP contribution in [0.25, 0.3) is 6.08 Å². The van der Waals surface area contributed by atoms with E-state index >= 15 is 0 Å². The first-order valence-corrected chi connectivity index (χ1v) is 11.4. The first-order valence-electron chi connectivity index (χ1n) is 9.05. The Hall–Kier alpha value is -2.00. The molecule has 0 radical (unpaired) electrons. The molecule has 0 aromatic heterocycles. The molecule has 1 aliphatic heterocycles. The summed E-state index contributed by atoms with van der Waals surface area (Å²) in [7, 11) is 0. The third-order valence-corrected chi connectivity index (χ3v) is 6.11. The first kappa shape index (κ1) is 23.7. The van der Waals surface area contributed by atoms with Crippen LogP contribution in [0.1, 0.15) is 18.1 Å². The summed E-state index contributed by atoms with van der Waals surface area (Å²) < 4.78 is 11.5. The fourth-order valence-electron chi connectivity index (χ4n) is 2.67. The Balaban J connectivity index is 1.81. The highest BCUT2D eigenvalue weighted by molar-refractivity contribution is 9.10. The zero-order valence-electron chi connectivity index (χ0n) is 16.2. The number of carbonyl (C=O) groups is 3. The smallest absolute Gasteiger partial charge is 0.326 e. The molecule has 1 aliphatic rings. The molecule has 2 amide bonds. The van der Waals surface area contributed by atoms with Gasteiger partial charge < -0.3 is 9.47 Å². The summed E-state index contributed by atoms with van der Waals surface area (Å²) in [6.45, 7) is 1.58. The molecule has 2 aromatic rings. The lowest BCUT2D eigenvalue weighted by molar-refractivity contribution is -0.145. The molecule has 1 saturated heterocycles. The minimum absolute atomic E-state index is 0.168. The highest BCUT2D eigenvalue weighted by atomic mass is 79.9. The Morgan fingerprint density at radius 3 is 2.68 bits per heavy atom. The molecule has 10 heteroatoms. The van der Waals surface area contributed by atoms with Crippen molar-refractivity contribution in [3.63, 3.8) is 0 Å². The topological polar surface area (TPSA) is 72.9 Å². The predicted octanol–water partition coefficient (Wildman–Crippen LogP) is 5.93. The molecule has 0 N–H and O–H groups in total. The Morgan fingerprint density at radius 1 is 1.19 bits per heavy atom.